The van der Waals surface area contributed by atoms with Crippen LogP contribution in [0.25, 0.3) is 0 Å². The lowest BCUT2D eigenvalue weighted by atomic mass is 9.78. The van der Waals surface area contributed by atoms with Gasteiger partial charge in [-0.2, -0.15) is 9.57 Å². The molecule has 2 N–H and O–H groups in total. The number of hydrogen-bond acceptors (Lipinski definition) is 9. The number of aryl methyl sites for hydroxylation is 1. The third-order valence-corrected chi connectivity index (χ3v) is 10.7. The van der Waals surface area contributed by atoms with Crippen molar-refractivity contribution in [2.24, 2.45) is 0 Å². The highest BCUT2D eigenvalue weighted by atomic mass is 32.2. The molecule has 3 aromatic carbocycles. The van der Waals surface area contributed by atoms with Crippen LogP contribution in [0.4, 0.5) is 18.9 Å². The van der Waals surface area contributed by atoms with Gasteiger partial charge < -0.3 is 24.6 Å². The monoisotopic (exact) mass is 689 g/mol. The number of alkyl halides is 3. The van der Waals surface area contributed by atoms with Crippen LogP contribution in [0, 0.1) is 18.3 Å². The Morgan fingerprint density at radius 2 is 1.79 bits per heavy atom. The minimum Gasteiger partial charge on any atom is -0.497 e. The van der Waals surface area contributed by atoms with Crippen LogP contribution < -0.4 is 23.8 Å². The predicted octanol–water partition coefficient (Wildman–Crippen LogP) is 3.09. The van der Waals surface area contributed by atoms with Gasteiger partial charge >= 0.3 is 12.3 Å². The average Bonchev–Trinajstić information content (AvgIpc) is 3.49. The first-order valence-corrected chi connectivity index (χ1v) is 15.9. The highest BCUT2D eigenvalue weighted by Crippen LogP contribution is 2.58. The Bertz CT molecular complexity index is 1970. The maximum absolute atomic E-state index is 15.5. The lowest BCUT2D eigenvalue weighted by molar-refractivity contribution is -0.953. The van der Waals surface area contributed by atoms with Crippen LogP contribution in [-0.2, 0) is 25.2 Å². The standard InChI is InChI=1S/C32H31F3N4O8S/c1-18-6-10-26(46-5)23(12-18)31(39(3)17-20(40)14-25(39)29(41)37-2)22-13-19(16-36)7-9-24(22)38(30(31)42)48(43,44)28-11-8-21(45-4)15-27(28)47-32(33,34)35/h6-13,15,20,25,40H,14,17H2,1-5H3/p+1/t20-,25+,31?,39?/m1/s1. The van der Waals surface area contributed by atoms with Crippen molar-refractivity contribution in [3.63, 3.8) is 0 Å². The number of carbonyl (C=O) groups excluding carboxylic acids is 2. The number of rotatable bonds is 8. The number of nitrogens with zero attached hydrogens (tertiary/aromatic N) is 3. The first kappa shape index (κ1) is 34.5. The number of aliphatic hydroxyl groups is 1. The molecule has 254 valence electrons. The fourth-order valence-electron chi connectivity index (χ4n) is 6.98. The molecule has 12 nitrogen and oxygen atoms in total. The summed E-state index contributed by atoms with van der Waals surface area (Å²) in [6.07, 6.45) is -6.59. The van der Waals surface area contributed by atoms with Gasteiger partial charge in [-0.25, -0.2) is 8.42 Å². The second-order valence-electron chi connectivity index (χ2n) is 11.7. The van der Waals surface area contributed by atoms with E-state index in [9.17, 15) is 36.8 Å². The van der Waals surface area contributed by atoms with Crippen LogP contribution in [0.3, 0.4) is 0 Å². The van der Waals surface area contributed by atoms with Crippen molar-refractivity contribution in [3.05, 3.63) is 76.9 Å². The van der Waals surface area contributed by atoms with Crippen LogP contribution in [0.15, 0.2) is 59.5 Å². The molecule has 16 heteroatoms. The first-order valence-electron chi connectivity index (χ1n) is 14.5. The van der Waals surface area contributed by atoms with Crippen molar-refractivity contribution in [2.45, 2.75) is 42.3 Å². The summed E-state index contributed by atoms with van der Waals surface area (Å²) in [6, 6.07) is 12.1. The van der Waals surface area contributed by atoms with Crippen molar-refractivity contribution < 1.29 is 55.0 Å². The minimum absolute atomic E-state index is 0.0187. The van der Waals surface area contributed by atoms with E-state index < -0.39 is 61.0 Å². The molecule has 2 amide bonds. The number of benzene rings is 3. The van der Waals surface area contributed by atoms with Gasteiger partial charge in [0.25, 0.3) is 15.9 Å². The number of likely N-dealkylation sites (N-methyl/N-ethyl adjacent to an activating group) is 2. The molecule has 0 bridgehead atoms. The number of nitriles is 1. The van der Waals surface area contributed by atoms with Crippen molar-refractivity contribution in [2.75, 3.05) is 39.2 Å². The van der Waals surface area contributed by atoms with Gasteiger partial charge in [-0.15, -0.1) is 13.2 Å². The highest BCUT2D eigenvalue weighted by molar-refractivity contribution is 7.93. The van der Waals surface area contributed by atoms with E-state index in [2.05, 4.69) is 10.1 Å². The van der Waals surface area contributed by atoms with Gasteiger partial charge in [0.05, 0.1) is 49.7 Å². The van der Waals surface area contributed by atoms with Gasteiger partial charge in [0.15, 0.2) is 11.8 Å². The van der Waals surface area contributed by atoms with E-state index in [1.54, 1.807) is 25.1 Å². The topological polar surface area (TPSA) is 155 Å². The third kappa shape index (κ3) is 5.18. The molecule has 0 aliphatic carbocycles. The lowest BCUT2D eigenvalue weighted by Crippen LogP contribution is -2.69. The Hall–Kier alpha value is -4.85. The van der Waals surface area contributed by atoms with E-state index in [0.717, 1.165) is 25.3 Å². The molecule has 0 saturated carbocycles. The average molecular weight is 690 g/mol. The largest absolute Gasteiger partial charge is 0.573 e. The minimum atomic E-state index is -5.32. The fraction of sp³-hybridized carbons (Fsp3) is 0.344. The maximum Gasteiger partial charge on any atom is 0.573 e. The number of quaternary nitrogens is 1. The molecule has 0 spiro atoms. The number of halogens is 3. The van der Waals surface area contributed by atoms with Crippen LogP contribution in [0.5, 0.6) is 17.2 Å². The van der Waals surface area contributed by atoms with E-state index in [4.69, 9.17) is 9.47 Å². The Kier molecular flexibility index (Phi) is 8.61. The van der Waals surface area contributed by atoms with E-state index in [0.29, 0.717) is 9.87 Å². The van der Waals surface area contributed by atoms with Crippen LogP contribution in [0.2, 0.25) is 0 Å². The molecule has 1 fully saturated rings. The Balaban J connectivity index is 1.93. The van der Waals surface area contributed by atoms with Crippen molar-refractivity contribution in [1.29, 1.82) is 5.26 Å². The summed E-state index contributed by atoms with van der Waals surface area (Å²) in [5.74, 6) is -2.95. The van der Waals surface area contributed by atoms with E-state index in [-0.39, 0.29) is 46.8 Å². The maximum atomic E-state index is 15.5. The Morgan fingerprint density at radius 3 is 2.40 bits per heavy atom. The second kappa shape index (κ2) is 12.0. The molecule has 2 heterocycles. The molecular formula is C32H32F3N4O8S+. The van der Waals surface area contributed by atoms with E-state index in [1.165, 1.54) is 39.4 Å². The fourth-order valence-corrected chi connectivity index (χ4v) is 8.54. The number of fused-ring (bicyclic) bond motifs is 1. The Morgan fingerprint density at radius 1 is 1.08 bits per heavy atom. The highest BCUT2D eigenvalue weighted by Gasteiger charge is 2.72. The number of ether oxygens (including phenoxy) is 3. The molecule has 0 aromatic heterocycles. The van der Waals surface area contributed by atoms with Crippen molar-refractivity contribution in [1.82, 2.24) is 5.32 Å². The molecule has 5 rings (SSSR count). The zero-order chi connectivity index (χ0) is 35.4. The van der Waals surface area contributed by atoms with Gasteiger partial charge in [-0.1, -0.05) is 11.6 Å². The SMILES string of the molecule is CNC(=O)[C@@H]1C[C@@H](O)C[N+]1(C)C1(c2cc(C)ccc2OC)C(=O)N(S(=O)(=O)c2ccc(OC)cc2OC(F)(F)F)c2ccc(C#N)cc21. The van der Waals surface area contributed by atoms with E-state index >= 15 is 4.79 Å². The number of hydrogen-bond donors (Lipinski definition) is 2. The predicted molar refractivity (Wildman–Crippen MR) is 164 cm³/mol. The zero-order valence-electron chi connectivity index (χ0n) is 26.5. The van der Waals surface area contributed by atoms with Crippen molar-refractivity contribution in [3.8, 4) is 23.3 Å². The number of carbonyl (C=O) groups is 2. The van der Waals surface area contributed by atoms with Gasteiger partial charge in [-0.3, -0.25) is 14.1 Å². The summed E-state index contributed by atoms with van der Waals surface area (Å²) in [5.41, 5.74) is -1.81. The summed E-state index contributed by atoms with van der Waals surface area (Å²) in [4.78, 5) is 27.9. The summed E-state index contributed by atoms with van der Waals surface area (Å²) in [5, 5.41) is 23.5. The van der Waals surface area contributed by atoms with E-state index in [1.807, 2.05) is 6.07 Å². The number of methoxy groups -OCH3 is 2. The zero-order valence-corrected chi connectivity index (χ0v) is 27.3. The summed E-state index contributed by atoms with van der Waals surface area (Å²) >= 11 is 0. The number of sulfonamides is 1. The molecule has 2 aliphatic heterocycles. The first-order chi connectivity index (χ1) is 22.5. The molecular weight excluding hydrogens is 657 g/mol. The Labute approximate surface area is 274 Å². The van der Waals surface area contributed by atoms with Crippen LogP contribution in [-0.4, -0.2) is 83.2 Å². The third-order valence-electron chi connectivity index (χ3n) is 8.96. The molecule has 1 saturated heterocycles. The molecule has 2 aliphatic rings. The molecule has 0 radical (unpaired) electrons. The summed E-state index contributed by atoms with van der Waals surface area (Å²) in [6.45, 7) is 1.47. The smallest absolute Gasteiger partial charge is 0.497 e. The van der Waals surface area contributed by atoms with Crippen molar-refractivity contribution >= 4 is 27.5 Å². The summed E-state index contributed by atoms with van der Waals surface area (Å²) < 4.78 is 84.6. The van der Waals surface area contributed by atoms with Gasteiger partial charge in [0, 0.05) is 19.5 Å². The number of anilines is 1. The number of amides is 2. The quantitative estimate of drug-likeness (QED) is 0.340. The lowest BCUT2D eigenvalue weighted by Gasteiger charge is -2.48. The van der Waals surface area contributed by atoms with Crippen LogP contribution >= 0.6 is 0 Å². The molecule has 2 unspecified atom stereocenters. The normalized spacial score (nSPS) is 23.8. The number of aliphatic hydroxyl groups excluding tert-OH is 1. The molecule has 4 atom stereocenters. The molecule has 3 aromatic rings. The number of likely N-dealkylation sites (tertiary alicyclic amines) is 1. The summed E-state index contributed by atoms with van der Waals surface area (Å²) in [7, 11) is 0.114. The van der Waals surface area contributed by atoms with Gasteiger partial charge in [0.1, 0.15) is 29.0 Å². The molecule has 48 heavy (non-hydrogen) atoms. The second-order valence-corrected chi connectivity index (χ2v) is 13.4. The van der Waals surface area contributed by atoms with Gasteiger partial charge in [0.2, 0.25) is 5.54 Å². The van der Waals surface area contributed by atoms with Crippen LogP contribution in [0.1, 0.15) is 28.7 Å². The number of nitrogens with one attached hydrogen (secondary N) is 1. The van der Waals surface area contributed by atoms with Gasteiger partial charge in [-0.05, 0) is 49.4 Å².